The summed E-state index contributed by atoms with van der Waals surface area (Å²) in [5, 5.41) is 0. The Hall–Kier alpha value is 0. The molecule has 62 valence electrons. The molecule has 0 aromatic heterocycles. The first-order chi connectivity index (χ1) is 4.81. The highest BCUT2D eigenvalue weighted by Crippen LogP contribution is 2.22. The molecule has 0 amide bonds. The molecule has 1 aliphatic carbocycles. The van der Waals surface area contributed by atoms with E-state index in [1.165, 1.54) is 38.5 Å². The molecule has 10 heavy (non-hydrogen) atoms. The van der Waals surface area contributed by atoms with Gasteiger partial charge in [-0.05, 0) is 5.92 Å². The Balaban J connectivity index is 0.000000180. The zero-order valence-electron chi connectivity index (χ0n) is 7.82. The maximum absolute atomic E-state index is 2.34. The molecule has 0 nitrogen and oxygen atoms in total. The van der Waals surface area contributed by atoms with Crippen LogP contribution in [-0.4, -0.2) is 0 Å². The van der Waals surface area contributed by atoms with E-state index in [0.717, 1.165) is 5.92 Å². The molecule has 0 atom stereocenters. The normalized spacial score (nSPS) is 18.3. The SMILES string of the molecule is CC1CCCC1.CCCC. The third-order valence-corrected chi connectivity index (χ3v) is 2.14. The lowest BCUT2D eigenvalue weighted by molar-refractivity contribution is 0.612. The lowest BCUT2D eigenvalue weighted by Crippen LogP contribution is -1.78. The van der Waals surface area contributed by atoms with Crippen molar-refractivity contribution in [1.82, 2.24) is 0 Å². The van der Waals surface area contributed by atoms with Crippen molar-refractivity contribution in [2.45, 2.75) is 59.3 Å². The molecular weight excluding hydrogens is 120 g/mol. The van der Waals surface area contributed by atoms with Crippen molar-refractivity contribution in [3.8, 4) is 0 Å². The average Bonchev–Trinajstić information content (AvgIpc) is 2.40. The van der Waals surface area contributed by atoms with Gasteiger partial charge in [0.2, 0.25) is 0 Å². The van der Waals surface area contributed by atoms with E-state index < -0.39 is 0 Å². The fourth-order valence-corrected chi connectivity index (χ4v) is 1.13. The Morgan fingerprint density at radius 3 is 1.50 bits per heavy atom. The van der Waals surface area contributed by atoms with E-state index in [4.69, 9.17) is 0 Å². The minimum atomic E-state index is 1.05. The van der Waals surface area contributed by atoms with E-state index >= 15 is 0 Å². The lowest BCUT2D eigenvalue weighted by atomic mass is 10.2. The van der Waals surface area contributed by atoms with Crippen LogP contribution in [0.25, 0.3) is 0 Å². The van der Waals surface area contributed by atoms with Gasteiger partial charge in [0.15, 0.2) is 0 Å². The maximum Gasteiger partial charge on any atom is -0.0443 e. The van der Waals surface area contributed by atoms with Gasteiger partial charge in [-0.15, -0.1) is 0 Å². The first-order valence-electron chi connectivity index (χ1n) is 4.81. The molecule has 1 saturated carbocycles. The Bertz CT molecular complexity index is 49.1. The molecule has 0 aromatic carbocycles. The van der Waals surface area contributed by atoms with Gasteiger partial charge in [-0.1, -0.05) is 59.3 Å². The summed E-state index contributed by atoms with van der Waals surface area (Å²) in [7, 11) is 0. The van der Waals surface area contributed by atoms with E-state index in [0.29, 0.717) is 0 Å². The molecular formula is C10H22. The summed E-state index contributed by atoms with van der Waals surface area (Å²) < 4.78 is 0. The minimum Gasteiger partial charge on any atom is -0.0654 e. The van der Waals surface area contributed by atoms with Gasteiger partial charge in [-0.2, -0.15) is 0 Å². The number of unbranched alkanes of at least 4 members (excludes halogenated alkanes) is 1. The standard InChI is InChI=1S/C6H12.C4H10/c1-6-4-2-3-5-6;1-3-4-2/h6H,2-5H2,1H3;3-4H2,1-2H3. The van der Waals surface area contributed by atoms with Crippen LogP contribution in [0.2, 0.25) is 0 Å². The van der Waals surface area contributed by atoms with Gasteiger partial charge < -0.3 is 0 Å². The molecule has 1 aliphatic rings. The minimum absolute atomic E-state index is 1.05. The summed E-state index contributed by atoms with van der Waals surface area (Å²) in [5.41, 5.74) is 0. The Morgan fingerprint density at radius 1 is 1.00 bits per heavy atom. The molecule has 0 saturated heterocycles. The van der Waals surface area contributed by atoms with Gasteiger partial charge >= 0.3 is 0 Å². The predicted octanol–water partition coefficient (Wildman–Crippen LogP) is 4.00. The van der Waals surface area contributed by atoms with Crippen LogP contribution < -0.4 is 0 Å². The quantitative estimate of drug-likeness (QED) is 0.519. The van der Waals surface area contributed by atoms with Crippen molar-refractivity contribution in [3.63, 3.8) is 0 Å². The molecule has 0 unspecified atom stereocenters. The molecule has 0 spiro atoms. The fraction of sp³-hybridized carbons (Fsp3) is 1.00. The monoisotopic (exact) mass is 142 g/mol. The van der Waals surface area contributed by atoms with E-state index in [2.05, 4.69) is 20.8 Å². The fourth-order valence-electron chi connectivity index (χ4n) is 1.13. The van der Waals surface area contributed by atoms with Gasteiger partial charge in [-0.25, -0.2) is 0 Å². The van der Waals surface area contributed by atoms with Crippen LogP contribution in [0.4, 0.5) is 0 Å². The average molecular weight is 142 g/mol. The van der Waals surface area contributed by atoms with E-state index in [1.54, 1.807) is 0 Å². The summed E-state index contributed by atoms with van der Waals surface area (Å²) in [6.07, 6.45) is 8.59. The summed E-state index contributed by atoms with van der Waals surface area (Å²) in [6.45, 7) is 6.70. The molecule has 0 N–H and O–H groups in total. The van der Waals surface area contributed by atoms with Crippen LogP contribution in [0.5, 0.6) is 0 Å². The van der Waals surface area contributed by atoms with Gasteiger partial charge in [0.05, 0.1) is 0 Å². The van der Waals surface area contributed by atoms with Crippen LogP contribution in [0, 0.1) is 5.92 Å². The smallest absolute Gasteiger partial charge is 0.0443 e. The van der Waals surface area contributed by atoms with E-state index in [1.807, 2.05) is 0 Å². The lowest BCUT2D eigenvalue weighted by Gasteiger charge is -1.91. The third kappa shape index (κ3) is 6.12. The number of hydrogen-bond donors (Lipinski definition) is 0. The summed E-state index contributed by atoms with van der Waals surface area (Å²) in [4.78, 5) is 0. The highest BCUT2D eigenvalue weighted by Gasteiger charge is 2.07. The maximum atomic E-state index is 2.34. The second-order valence-electron chi connectivity index (χ2n) is 3.39. The topological polar surface area (TPSA) is 0 Å². The van der Waals surface area contributed by atoms with Crippen molar-refractivity contribution < 1.29 is 0 Å². The number of hydrogen-bond acceptors (Lipinski definition) is 0. The largest absolute Gasteiger partial charge is 0.0654 e. The molecule has 0 heterocycles. The van der Waals surface area contributed by atoms with Crippen LogP contribution in [0.15, 0.2) is 0 Å². The summed E-state index contributed by atoms with van der Waals surface area (Å²) >= 11 is 0. The van der Waals surface area contributed by atoms with Crippen molar-refractivity contribution in [3.05, 3.63) is 0 Å². The van der Waals surface area contributed by atoms with Crippen molar-refractivity contribution in [2.75, 3.05) is 0 Å². The zero-order valence-corrected chi connectivity index (χ0v) is 7.82. The molecule has 0 aliphatic heterocycles. The molecule has 1 fully saturated rings. The first kappa shape index (κ1) is 10.0. The summed E-state index contributed by atoms with van der Waals surface area (Å²) in [6, 6.07) is 0. The summed E-state index contributed by atoms with van der Waals surface area (Å²) in [5.74, 6) is 1.05. The predicted molar refractivity (Wildman–Crippen MR) is 48.2 cm³/mol. The molecule has 1 rings (SSSR count). The molecule has 0 heteroatoms. The van der Waals surface area contributed by atoms with E-state index in [-0.39, 0.29) is 0 Å². The highest BCUT2D eigenvalue weighted by molar-refractivity contribution is 4.60. The van der Waals surface area contributed by atoms with Gasteiger partial charge in [0.25, 0.3) is 0 Å². The second-order valence-corrected chi connectivity index (χ2v) is 3.39. The van der Waals surface area contributed by atoms with Gasteiger partial charge in [-0.3, -0.25) is 0 Å². The van der Waals surface area contributed by atoms with Crippen LogP contribution in [0.3, 0.4) is 0 Å². The van der Waals surface area contributed by atoms with Crippen LogP contribution in [0.1, 0.15) is 59.3 Å². The third-order valence-electron chi connectivity index (χ3n) is 2.14. The molecule has 0 aromatic rings. The molecule has 0 bridgehead atoms. The van der Waals surface area contributed by atoms with Gasteiger partial charge in [0.1, 0.15) is 0 Å². The highest BCUT2D eigenvalue weighted by atomic mass is 14.1. The molecule has 0 radical (unpaired) electrons. The Kier molecular flexibility index (Phi) is 7.11. The van der Waals surface area contributed by atoms with Crippen LogP contribution in [-0.2, 0) is 0 Å². The number of rotatable bonds is 1. The second kappa shape index (κ2) is 7.11. The zero-order chi connectivity index (χ0) is 7.82. The Labute approximate surface area is 66.0 Å². The Morgan fingerprint density at radius 2 is 1.40 bits per heavy atom. The van der Waals surface area contributed by atoms with Crippen LogP contribution >= 0.6 is 0 Å². The van der Waals surface area contributed by atoms with Gasteiger partial charge in [0, 0.05) is 0 Å². The van der Waals surface area contributed by atoms with Crippen molar-refractivity contribution in [2.24, 2.45) is 5.92 Å². The van der Waals surface area contributed by atoms with E-state index in [9.17, 15) is 0 Å². The first-order valence-corrected chi connectivity index (χ1v) is 4.81. The van der Waals surface area contributed by atoms with Crippen molar-refractivity contribution in [1.29, 1.82) is 0 Å². The van der Waals surface area contributed by atoms with Crippen molar-refractivity contribution >= 4 is 0 Å².